The van der Waals surface area contributed by atoms with Gasteiger partial charge in [0.2, 0.25) is 0 Å². The third-order valence-electron chi connectivity index (χ3n) is 3.30. The number of aliphatic carboxylic acids is 1. The Labute approximate surface area is 136 Å². The summed E-state index contributed by atoms with van der Waals surface area (Å²) in [5.74, 6) is -0.388. The minimum Gasteiger partial charge on any atom is -0.497 e. The van der Waals surface area contributed by atoms with Crippen LogP contribution in [0.5, 0.6) is 5.75 Å². The van der Waals surface area contributed by atoms with Crippen molar-refractivity contribution in [1.29, 1.82) is 0 Å². The maximum atomic E-state index is 11.8. The van der Waals surface area contributed by atoms with Crippen LogP contribution in [0.1, 0.15) is 37.5 Å². The number of rotatable bonds is 5. The van der Waals surface area contributed by atoms with Crippen molar-refractivity contribution in [3.05, 3.63) is 28.8 Å². The van der Waals surface area contributed by atoms with Gasteiger partial charge in [-0.25, -0.2) is 9.59 Å². The summed E-state index contributed by atoms with van der Waals surface area (Å²) in [6.07, 6.45) is -0.565. The highest BCUT2D eigenvalue weighted by Gasteiger charge is 2.25. The third kappa shape index (κ3) is 5.81. The molecule has 0 fully saturated rings. The van der Waals surface area contributed by atoms with Crippen molar-refractivity contribution in [3.63, 3.8) is 0 Å². The van der Waals surface area contributed by atoms with E-state index in [-0.39, 0.29) is 6.42 Å². The molecule has 1 aromatic carbocycles. The molecule has 0 aliphatic heterocycles. The maximum Gasteiger partial charge on any atom is 0.408 e. The Bertz CT molecular complexity index is 566. The lowest BCUT2D eigenvalue weighted by Gasteiger charge is -2.23. The van der Waals surface area contributed by atoms with Gasteiger partial charge in [-0.2, -0.15) is 0 Å². The molecule has 23 heavy (non-hydrogen) atoms. The van der Waals surface area contributed by atoms with Crippen molar-refractivity contribution in [2.24, 2.45) is 0 Å². The molecule has 0 aliphatic carbocycles. The number of nitrogens with one attached hydrogen (secondary N) is 1. The van der Waals surface area contributed by atoms with Crippen LogP contribution in [0.3, 0.4) is 0 Å². The molecule has 1 aromatic rings. The predicted molar refractivity (Wildman–Crippen MR) is 87.0 cm³/mol. The summed E-state index contributed by atoms with van der Waals surface area (Å²) in [6.45, 7) is 8.94. The lowest BCUT2D eigenvalue weighted by atomic mass is 9.96. The fourth-order valence-corrected chi connectivity index (χ4v) is 2.25. The van der Waals surface area contributed by atoms with E-state index < -0.39 is 23.7 Å². The summed E-state index contributed by atoms with van der Waals surface area (Å²) in [4.78, 5) is 23.3. The molecular formula is C17H25NO5. The Kier molecular flexibility index (Phi) is 6.01. The summed E-state index contributed by atoms with van der Waals surface area (Å²) in [5, 5.41) is 11.8. The molecule has 0 aromatic heterocycles. The lowest BCUT2D eigenvalue weighted by molar-refractivity contribution is -0.139. The molecule has 6 heteroatoms. The van der Waals surface area contributed by atoms with E-state index in [0.29, 0.717) is 0 Å². The number of methoxy groups -OCH3 is 1. The van der Waals surface area contributed by atoms with E-state index in [2.05, 4.69) is 5.32 Å². The maximum absolute atomic E-state index is 11.8. The normalized spacial score (nSPS) is 12.4. The first-order chi connectivity index (χ1) is 10.5. The monoisotopic (exact) mass is 323 g/mol. The first kappa shape index (κ1) is 18.8. The topological polar surface area (TPSA) is 84.9 Å². The van der Waals surface area contributed by atoms with Crippen molar-refractivity contribution in [2.45, 2.75) is 52.7 Å². The molecule has 1 amide bonds. The highest BCUT2D eigenvalue weighted by atomic mass is 16.6. The number of carboxylic acid groups (broad SMARTS) is 1. The highest BCUT2D eigenvalue weighted by molar-refractivity contribution is 5.80. The summed E-state index contributed by atoms with van der Waals surface area (Å²) in [6, 6.07) is 2.62. The van der Waals surface area contributed by atoms with Gasteiger partial charge in [0, 0.05) is 6.42 Å². The summed E-state index contributed by atoms with van der Waals surface area (Å²) in [7, 11) is 1.58. The zero-order valence-corrected chi connectivity index (χ0v) is 14.5. The minimum absolute atomic E-state index is 0.177. The van der Waals surface area contributed by atoms with Gasteiger partial charge in [-0.1, -0.05) is 0 Å². The van der Waals surface area contributed by atoms with Gasteiger partial charge in [0.05, 0.1) is 7.11 Å². The zero-order chi connectivity index (χ0) is 17.8. The summed E-state index contributed by atoms with van der Waals surface area (Å²) >= 11 is 0. The van der Waals surface area contributed by atoms with Crippen molar-refractivity contribution >= 4 is 12.1 Å². The van der Waals surface area contributed by atoms with Gasteiger partial charge >= 0.3 is 12.1 Å². The van der Waals surface area contributed by atoms with Crippen LogP contribution in [0.15, 0.2) is 12.1 Å². The number of hydrogen-bond acceptors (Lipinski definition) is 4. The third-order valence-corrected chi connectivity index (χ3v) is 3.30. The average Bonchev–Trinajstić information content (AvgIpc) is 2.38. The SMILES string of the molecule is COc1cc(C)c(CC(NC(=O)OC(C)(C)C)C(=O)O)c(C)c1. The van der Waals surface area contributed by atoms with E-state index in [9.17, 15) is 14.7 Å². The molecule has 2 N–H and O–H groups in total. The largest absolute Gasteiger partial charge is 0.497 e. The molecule has 0 aliphatic rings. The van der Waals surface area contributed by atoms with E-state index in [4.69, 9.17) is 9.47 Å². The number of carboxylic acids is 1. The molecule has 6 nitrogen and oxygen atoms in total. The van der Waals surface area contributed by atoms with E-state index in [0.717, 1.165) is 22.4 Å². The highest BCUT2D eigenvalue weighted by Crippen LogP contribution is 2.23. The molecule has 0 saturated heterocycles. The second-order valence-corrected chi connectivity index (χ2v) is 6.48. The quantitative estimate of drug-likeness (QED) is 0.870. The van der Waals surface area contributed by atoms with Gasteiger partial charge in [0.1, 0.15) is 17.4 Å². The second-order valence-electron chi connectivity index (χ2n) is 6.48. The lowest BCUT2D eigenvalue weighted by Crippen LogP contribution is -2.44. The van der Waals surface area contributed by atoms with Gasteiger partial charge in [0.25, 0.3) is 0 Å². The van der Waals surface area contributed by atoms with Crippen molar-refractivity contribution in [1.82, 2.24) is 5.32 Å². The number of hydrogen-bond donors (Lipinski definition) is 2. The number of benzene rings is 1. The van der Waals surface area contributed by atoms with Crippen LogP contribution in [0.2, 0.25) is 0 Å². The first-order valence-corrected chi connectivity index (χ1v) is 7.40. The Morgan fingerprint density at radius 2 is 1.74 bits per heavy atom. The smallest absolute Gasteiger partial charge is 0.408 e. The van der Waals surface area contributed by atoms with Gasteiger partial charge in [-0.15, -0.1) is 0 Å². The molecule has 1 rings (SSSR count). The number of carbonyl (C=O) groups is 2. The Morgan fingerprint density at radius 3 is 2.13 bits per heavy atom. The Balaban J connectivity index is 2.93. The van der Waals surface area contributed by atoms with Crippen LogP contribution in [0.25, 0.3) is 0 Å². The van der Waals surface area contributed by atoms with Crippen LogP contribution in [-0.4, -0.2) is 35.9 Å². The van der Waals surface area contributed by atoms with Crippen LogP contribution in [0.4, 0.5) is 4.79 Å². The number of alkyl carbamates (subject to hydrolysis) is 1. The number of aryl methyl sites for hydroxylation is 2. The van der Waals surface area contributed by atoms with Crippen LogP contribution in [-0.2, 0) is 16.0 Å². The molecule has 1 atom stereocenters. The number of carbonyl (C=O) groups excluding carboxylic acids is 1. The zero-order valence-electron chi connectivity index (χ0n) is 14.5. The molecule has 0 saturated carbocycles. The number of amides is 1. The van der Waals surface area contributed by atoms with E-state index in [1.54, 1.807) is 27.9 Å². The Morgan fingerprint density at radius 1 is 1.22 bits per heavy atom. The number of ether oxygens (including phenoxy) is 2. The molecule has 0 spiro atoms. The van der Waals surface area contributed by atoms with Gasteiger partial charge in [0.15, 0.2) is 0 Å². The van der Waals surface area contributed by atoms with E-state index in [1.807, 2.05) is 26.0 Å². The van der Waals surface area contributed by atoms with Crippen LogP contribution < -0.4 is 10.1 Å². The van der Waals surface area contributed by atoms with E-state index >= 15 is 0 Å². The fourth-order valence-electron chi connectivity index (χ4n) is 2.25. The van der Waals surface area contributed by atoms with Crippen LogP contribution in [0, 0.1) is 13.8 Å². The van der Waals surface area contributed by atoms with Crippen molar-refractivity contribution in [2.75, 3.05) is 7.11 Å². The van der Waals surface area contributed by atoms with Crippen molar-refractivity contribution < 1.29 is 24.2 Å². The molecule has 128 valence electrons. The second kappa shape index (κ2) is 7.35. The van der Waals surface area contributed by atoms with Gasteiger partial charge < -0.3 is 19.9 Å². The molecule has 0 heterocycles. The summed E-state index contributed by atoms with van der Waals surface area (Å²) < 4.78 is 10.3. The van der Waals surface area contributed by atoms with Gasteiger partial charge in [-0.05, 0) is 63.4 Å². The minimum atomic E-state index is -1.11. The molecule has 1 unspecified atom stereocenters. The average molecular weight is 323 g/mol. The van der Waals surface area contributed by atoms with E-state index in [1.165, 1.54) is 0 Å². The standard InChI is InChI=1S/C17H25NO5/c1-10-7-12(22-6)8-11(2)13(10)9-14(15(19)20)18-16(21)23-17(3,4)5/h7-8,14H,9H2,1-6H3,(H,18,21)(H,19,20). The first-order valence-electron chi connectivity index (χ1n) is 7.40. The Hall–Kier alpha value is -2.24. The molecule has 0 bridgehead atoms. The van der Waals surface area contributed by atoms with Crippen LogP contribution >= 0.6 is 0 Å². The molecular weight excluding hydrogens is 298 g/mol. The van der Waals surface area contributed by atoms with Crippen molar-refractivity contribution in [3.8, 4) is 5.75 Å². The fraction of sp³-hybridized carbons (Fsp3) is 0.529. The molecule has 0 radical (unpaired) electrons. The van der Waals surface area contributed by atoms with Gasteiger partial charge in [-0.3, -0.25) is 0 Å². The summed E-state index contributed by atoms with van der Waals surface area (Å²) in [5.41, 5.74) is 2.02. The predicted octanol–water partition coefficient (Wildman–Crippen LogP) is 2.83.